The number of aromatic nitrogens is 2. The van der Waals surface area contributed by atoms with Gasteiger partial charge in [0.05, 0.1) is 16.4 Å². The van der Waals surface area contributed by atoms with Crippen molar-refractivity contribution in [2.75, 3.05) is 42.0 Å². The molecule has 7 nitrogen and oxygen atoms in total. The second-order valence-corrected chi connectivity index (χ2v) is 13.8. The lowest BCUT2D eigenvalue weighted by atomic mass is 9.60. The molecule has 1 aromatic heterocycles. The zero-order chi connectivity index (χ0) is 24.6. The van der Waals surface area contributed by atoms with Crippen molar-refractivity contribution in [3.8, 4) is 0 Å². The monoisotopic (exact) mass is 546 g/mol. The third-order valence-electron chi connectivity index (χ3n) is 7.16. The minimum Gasteiger partial charge on any atom is -0.370 e. The molecule has 1 aliphatic carbocycles. The maximum absolute atomic E-state index is 12.7. The molecule has 0 atom stereocenters. The highest BCUT2D eigenvalue weighted by Crippen LogP contribution is 2.49. The summed E-state index contributed by atoms with van der Waals surface area (Å²) in [6, 6.07) is 15.8. The van der Waals surface area contributed by atoms with E-state index in [-0.39, 0.29) is 12.4 Å². The highest BCUT2D eigenvalue weighted by atomic mass is 35.5. The van der Waals surface area contributed by atoms with Gasteiger partial charge in [-0.3, -0.25) is 0 Å². The second kappa shape index (κ2) is 10.6. The summed E-state index contributed by atoms with van der Waals surface area (Å²) in [5, 5.41) is 8.03. The van der Waals surface area contributed by atoms with E-state index >= 15 is 0 Å². The van der Waals surface area contributed by atoms with E-state index < -0.39 is 7.14 Å². The normalized spacial score (nSPS) is 17.3. The highest BCUT2D eigenvalue weighted by molar-refractivity contribution is 7.70. The van der Waals surface area contributed by atoms with E-state index in [0.717, 1.165) is 48.3 Å². The number of rotatable bonds is 6. The summed E-state index contributed by atoms with van der Waals surface area (Å²) in [6.07, 6.45) is 6.36. The largest absolute Gasteiger partial charge is 0.370 e. The minimum absolute atomic E-state index is 0. The molecule has 2 aromatic carbocycles. The molecule has 0 bridgehead atoms. The van der Waals surface area contributed by atoms with E-state index in [9.17, 15) is 4.57 Å². The first-order chi connectivity index (χ1) is 16.7. The number of nitrogens with two attached hydrogens (primary N) is 1. The predicted octanol–water partition coefficient (Wildman–Crippen LogP) is 5.99. The quantitative estimate of drug-likeness (QED) is 0.326. The Kier molecular flexibility index (Phi) is 7.86. The average molecular weight is 547 g/mol. The first kappa shape index (κ1) is 26.7. The molecule has 1 aliphatic heterocycles. The Morgan fingerprint density at radius 2 is 1.81 bits per heavy atom. The van der Waals surface area contributed by atoms with Crippen LogP contribution in [0.2, 0.25) is 5.02 Å². The molecule has 1 saturated heterocycles. The first-order valence-corrected chi connectivity index (χ1v) is 15.0. The van der Waals surface area contributed by atoms with Crippen molar-refractivity contribution >= 4 is 65.3 Å². The molecule has 192 valence electrons. The van der Waals surface area contributed by atoms with Crippen molar-refractivity contribution in [1.29, 1.82) is 0 Å². The summed E-state index contributed by atoms with van der Waals surface area (Å²) in [5.41, 5.74) is 9.17. The molecule has 36 heavy (non-hydrogen) atoms. The highest BCUT2D eigenvalue weighted by Gasteiger charge is 2.44. The Morgan fingerprint density at radius 1 is 1.08 bits per heavy atom. The third kappa shape index (κ3) is 5.81. The van der Waals surface area contributed by atoms with Gasteiger partial charge in [-0.25, -0.2) is 4.98 Å². The standard InChI is InChI=1S/C26H32ClN6OP.ClH/c1-35(2,34)23-6-4-3-5-21(23)31-24-9-12-29-25(32-24)30-19-7-8-22(20(27)15-19)33-13-10-26(11-14-33)16-18(28)17-26;/h3-9,12,15,18H,10-11,13-14,16-17,28H2,1-2H3,(H2,29,30,31,32);1H. The molecule has 0 amide bonds. The van der Waals surface area contributed by atoms with Crippen molar-refractivity contribution in [2.24, 2.45) is 11.1 Å². The van der Waals surface area contributed by atoms with E-state index in [1.807, 2.05) is 36.4 Å². The molecule has 1 saturated carbocycles. The lowest BCUT2D eigenvalue weighted by Gasteiger charge is -2.51. The SMILES string of the molecule is CP(C)(=O)c1ccccc1Nc1ccnc(Nc2ccc(N3CCC4(CC3)CC(N)C4)c(Cl)c2)n1.Cl. The van der Waals surface area contributed by atoms with Gasteiger partial charge in [0.2, 0.25) is 5.95 Å². The van der Waals surface area contributed by atoms with Crippen molar-refractivity contribution in [1.82, 2.24) is 9.97 Å². The van der Waals surface area contributed by atoms with E-state index in [2.05, 4.69) is 31.6 Å². The summed E-state index contributed by atoms with van der Waals surface area (Å²) in [5.74, 6) is 1.07. The number of nitrogens with zero attached hydrogens (tertiary/aromatic N) is 3. The van der Waals surface area contributed by atoms with Crippen LogP contribution in [0, 0.1) is 5.41 Å². The summed E-state index contributed by atoms with van der Waals surface area (Å²) in [4.78, 5) is 11.3. The predicted molar refractivity (Wildman–Crippen MR) is 154 cm³/mol. The van der Waals surface area contributed by atoms with Crippen LogP contribution in [-0.4, -0.2) is 42.4 Å². The topological polar surface area (TPSA) is 96.2 Å². The van der Waals surface area contributed by atoms with Crippen molar-refractivity contribution in [2.45, 2.75) is 31.7 Å². The fourth-order valence-electron chi connectivity index (χ4n) is 5.33. The van der Waals surface area contributed by atoms with E-state index in [1.165, 1.54) is 12.8 Å². The molecular formula is C26H33Cl2N6OP. The fourth-order valence-corrected chi connectivity index (χ4v) is 6.78. The lowest BCUT2D eigenvalue weighted by molar-refractivity contribution is 0.0713. The molecule has 2 heterocycles. The summed E-state index contributed by atoms with van der Waals surface area (Å²) < 4.78 is 12.7. The number of para-hydroxylation sites is 1. The zero-order valence-electron chi connectivity index (χ0n) is 20.6. The Bertz CT molecular complexity index is 1270. The van der Waals surface area contributed by atoms with Gasteiger partial charge in [-0.1, -0.05) is 23.7 Å². The molecule has 4 N–H and O–H groups in total. The molecule has 1 spiro atoms. The average Bonchev–Trinajstić information content (AvgIpc) is 2.79. The van der Waals surface area contributed by atoms with Crippen LogP contribution in [0.5, 0.6) is 0 Å². The van der Waals surface area contributed by atoms with E-state index in [1.54, 1.807) is 25.6 Å². The smallest absolute Gasteiger partial charge is 0.229 e. The lowest BCUT2D eigenvalue weighted by Crippen LogP contribution is -2.52. The molecular weight excluding hydrogens is 514 g/mol. The number of nitrogens with one attached hydrogen (secondary N) is 2. The molecule has 10 heteroatoms. The van der Waals surface area contributed by atoms with E-state index in [4.69, 9.17) is 17.3 Å². The first-order valence-electron chi connectivity index (χ1n) is 12.0. The van der Waals surface area contributed by atoms with Gasteiger partial charge >= 0.3 is 0 Å². The number of piperidine rings is 1. The summed E-state index contributed by atoms with van der Waals surface area (Å²) >= 11 is 6.69. The molecule has 5 rings (SSSR count). The van der Waals surface area contributed by atoms with Crippen molar-refractivity contribution in [3.05, 3.63) is 59.8 Å². The fraction of sp³-hybridized carbons (Fsp3) is 0.385. The molecule has 2 fully saturated rings. The summed E-state index contributed by atoms with van der Waals surface area (Å²) in [7, 11) is -2.44. The Hall–Kier alpha value is -2.31. The minimum atomic E-state index is -2.44. The number of hydrogen-bond donors (Lipinski definition) is 3. The van der Waals surface area contributed by atoms with Crippen LogP contribution in [0.1, 0.15) is 25.7 Å². The number of halogens is 2. The van der Waals surface area contributed by atoms with Crippen LogP contribution in [0.25, 0.3) is 0 Å². The Morgan fingerprint density at radius 3 is 2.47 bits per heavy atom. The van der Waals surface area contributed by atoms with Crippen molar-refractivity contribution in [3.63, 3.8) is 0 Å². The van der Waals surface area contributed by atoms with Crippen molar-refractivity contribution < 1.29 is 4.57 Å². The Labute approximate surface area is 224 Å². The second-order valence-electron chi connectivity index (χ2n) is 10.2. The van der Waals surface area contributed by atoms with Gasteiger partial charge < -0.3 is 25.8 Å². The van der Waals surface area contributed by atoms with Crippen LogP contribution >= 0.6 is 31.1 Å². The summed E-state index contributed by atoms with van der Waals surface area (Å²) in [6.45, 7) is 5.55. The van der Waals surface area contributed by atoms with E-state index in [0.29, 0.717) is 28.2 Å². The van der Waals surface area contributed by atoms with Crippen LogP contribution in [-0.2, 0) is 4.57 Å². The molecule has 0 radical (unpaired) electrons. The third-order valence-corrected chi connectivity index (χ3v) is 9.01. The van der Waals surface area contributed by atoms with Gasteiger partial charge in [0, 0.05) is 36.3 Å². The molecule has 0 unspecified atom stereocenters. The zero-order valence-corrected chi connectivity index (χ0v) is 23.0. The van der Waals surface area contributed by atoms with Gasteiger partial charge in [-0.2, -0.15) is 4.98 Å². The van der Waals surface area contributed by atoms with Gasteiger partial charge in [0.15, 0.2) is 0 Å². The van der Waals surface area contributed by atoms with Gasteiger partial charge in [0.25, 0.3) is 0 Å². The van der Waals surface area contributed by atoms with Crippen LogP contribution in [0.4, 0.5) is 28.8 Å². The number of hydrogen-bond acceptors (Lipinski definition) is 7. The molecule has 2 aliphatic rings. The number of benzene rings is 2. The molecule has 3 aromatic rings. The van der Waals surface area contributed by atoms with Crippen LogP contribution in [0.3, 0.4) is 0 Å². The van der Waals surface area contributed by atoms with Gasteiger partial charge in [0.1, 0.15) is 13.0 Å². The van der Waals surface area contributed by atoms with Gasteiger partial charge in [-0.05, 0) is 80.8 Å². The number of anilines is 5. The Balaban J connectivity index is 0.00000304. The van der Waals surface area contributed by atoms with Gasteiger partial charge in [-0.15, -0.1) is 12.4 Å². The van der Waals surface area contributed by atoms with Crippen LogP contribution < -0.4 is 26.6 Å². The maximum atomic E-state index is 12.7. The van der Waals surface area contributed by atoms with Crippen LogP contribution in [0.15, 0.2) is 54.7 Å². The maximum Gasteiger partial charge on any atom is 0.229 e.